The van der Waals surface area contributed by atoms with E-state index in [2.05, 4.69) is 63.9 Å². The summed E-state index contributed by atoms with van der Waals surface area (Å²) < 4.78 is 2.41. The average molecular weight is 432 g/mol. The van der Waals surface area contributed by atoms with Gasteiger partial charge in [-0.3, -0.25) is 9.97 Å². The molecule has 4 heterocycles. The number of aromatic nitrogens is 3. The summed E-state index contributed by atoms with van der Waals surface area (Å²) in [7, 11) is 0. The van der Waals surface area contributed by atoms with Crippen molar-refractivity contribution in [3.63, 3.8) is 0 Å². The molecule has 5 rings (SSSR count). The fourth-order valence-electron chi connectivity index (χ4n) is 5.32. The van der Waals surface area contributed by atoms with Gasteiger partial charge in [0.2, 0.25) is 0 Å². The normalized spacial score (nSPS) is 21.6. The van der Waals surface area contributed by atoms with Crippen molar-refractivity contribution in [2.45, 2.75) is 64.2 Å². The highest BCUT2D eigenvalue weighted by molar-refractivity contribution is 7.80. The van der Waals surface area contributed by atoms with E-state index in [1.165, 1.54) is 48.2 Å². The van der Waals surface area contributed by atoms with Gasteiger partial charge in [0, 0.05) is 42.6 Å². The van der Waals surface area contributed by atoms with Gasteiger partial charge in [-0.05, 0) is 80.4 Å². The van der Waals surface area contributed by atoms with Crippen LogP contribution < -0.4 is 5.32 Å². The highest BCUT2D eigenvalue weighted by atomic mass is 32.1. The summed E-state index contributed by atoms with van der Waals surface area (Å²) in [4.78, 5) is 11.3. The van der Waals surface area contributed by atoms with Crippen molar-refractivity contribution in [1.29, 1.82) is 0 Å². The minimum Gasteiger partial charge on any atom is -0.352 e. The van der Waals surface area contributed by atoms with E-state index in [0.717, 1.165) is 17.4 Å². The van der Waals surface area contributed by atoms with Crippen molar-refractivity contribution in [3.05, 3.63) is 83.2 Å². The first-order chi connectivity index (χ1) is 15.1. The Morgan fingerprint density at radius 3 is 2.55 bits per heavy atom. The smallest absolute Gasteiger partial charge is 0.170 e. The van der Waals surface area contributed by atoms with Crippen LogP contribution in [0.2, 0.25) is 0 Å². The lowest BCUT2D eigenvalue weighted by Crippen LogP contribution is -2.37. The van der Waals surface area contributed by atoms with Gasteiger partial charge < -0.3 is 14.8 Å². The van der Waals surface area contributed by atoms with Crippen molar-refractivity contribution in [1.82, 2.24) is 24.8 Å². The fraction of sp³-hybridized carbons (Fsp3) is 0.400. The Balaban J connectivity index is 1.57. The molecule has 1 saturated carbocycles. The predicted octanol–water partition coefficient (Wildman–Crippen LogP) is 4.86. The molecule has 0 bridgehead atoms. The number of hydrogen-bond donors (Lipinski definition) is 1. The molecule has 1 aliphatic heterocycles. The Morgan fingerprint density at radius 1 is 1.06 bits per heavy atom. The van der Waals surface area contributed by atoms with Crippen molar-refractivity contribution < 1.29 is 0 Å². The molecule has 0 aromatic carbocycles. The number of rotatable bonds is 5. The summed E-state index contributed by atoms with van der Waals surface area (Å²) in [5, 5.41) is 4.50. The third kappa shape index (κ3) is 3.74. The van der Waals surface area contributed by atoms with E-state index in [4.69, 9.17) is 17.2 Å². The topological polar surface area (TPSA) is 46.0 Å². The number of nitrogens with one attached hydrogen (secondary N) is 1. The molecule has 31 heavy (non-hydrogen) atoms. The third-order valence-electron chi connectivity index (χ3n) is 6.87. The number of pyridine rings is 2. The lowest BCUT2D eigenvalue weighted by atomic mass is 9.95. The molecular weight excluding hydrogens is 402 g/mol. The Kier molecular flexibility index (Phi) is 5.48. The van der Waals surface area contributed by atoms with Gasteiger partial charge in [-0.1, -0.05) is 18.9 Å². The molecule has 2 aliphatic rings. The molecule has 0 radical (unpaired) electrons. The van der Waals surface area contributed by atoms with Crippen LogP contribution in [0.25, 0.3) is 0 Å². The molecule has 6 heteroatoms. The lowest BCUT2D eigenvalue weighted by Gasteiger charge is -2.33. The summed E-state index contributed by atoms with van der Waals surface area (Å²) in [6.45, 7) is 5.30. The van der Waals surface area contributed by atoms with Gasteiger partial charge in [0.25, 0.3) is 0 Å². The molecule has 1 aliphatic carbocycles. The maximum atomic E-state index is 5.89. The predicted molar refractivity (Wildman–Crippen MR) is 127 cm³/mol. The van der Waals surface area contributed by atoms with Crippen molar-refractivity contribution in [3.8, 4) is 0 Å². The SMILES string of the molecule is Cc1cc([C@@H]2[C@@H](c3ccccn3)NC(=S)N2C2CCCC2)c(C)n1Cc1ccncc1. The average Bonchev–Trinajstić information content (AvgIpc) is 3.50. The second kappa shape index (κ2) is 8.42. The second-order valence-corrected chi connectivity index (χ2v) is 9.13. The first-order valence-corrected chi connectivity index (χ1v) is 11.6. The van der Waals surface area contributed by atoms with E-state index in [-0.39, 0.29) is 12.1 Å². The molecule has 2 atom stereocenters. The zero-order valence-corrected chi connectivity index (χ0v) is 19.0. The highest BCUT2D eigenvalue weighted by Gasteiger charge is 2.44. The summed E-state index contributed by atoms with van der Waals surface area (Å²) in [5.74, 6) is 0. The van der Waals surface area contributed by atoms with E-state index in [1.54, 1.807) is 0 Å². The summed E-state index contributed by atoms with van der Waals surface area (Å²) in [5.41, 5.74) is 6.23. The molecule has 5 nitrogen and oxygen atoms in total. The molecule has 160 valence electrons. The second-order valence-electron chi connectivity index (χ2n) is 8.74. The molecular formula is C25H29N5S. The molecule has 1 saturated heterocycles. The van der Waals surface area contributed by atoms with Crippen LogP contribution >= 0.6 is 12.2 Å². The van der Waals surface area contributed by atoms with Crippen molar-refractivity contribution >= 4 is 17.3 Å². The quantitative estimate of drug-likeness (QED) is 0.585. The van der Waals surface area contributed by atoms with Crippen LogP contribution in [0.15, 0.2) is 55.0 Å². The maximum absolute atomic E-state index is 5.89. The zero-order valence-electron chi connectivity index (χ0n) is 18.2. The Morgan fingerprint density at radius 2 is 1.84 bits per heavy atom. The molecule has 0 amide bonds. The van der Waals surface area contributed by atoms with Gasteiger partial charge in [-0.2, -0.15) is 0 Å². The van der Waals surface area contributed by atoms with Gasteiger partial charge in [-0.25, -0.2) is 0 Å². The van der Waals surface area contributed by atoms with E-state index < -0.39 is 0 Å². The lowest BCUT2D eigenvalue weighted by molar-refractivity contribution is 0.245. The molecule has 0 unspecified atom stereocenters. The monoisotopic (exact) mass is 431 g/mol. The van der Waals surface area contributed by atoms with Gasteiger partial charge >= 0.3 is 0 Å². The molecule has 0 spiro atoms. The molecule has 2 fully saturated rings. The van der Waals surface area contributed by atoms with Crippen LogP contribution in [-0.2, 0) is 6.54 Å². The van der Waals surface area contributed by atoms with E-state index >= 15 is 0 Å². The zero-order chi connectivity index (χ0) is 21.4. The summed E-state index contributed by atoms with van der Waals surface area (Å²) in [6.07, 6.45) is 10.6. The van der Waals surface area contributed by atoms with Gasteiger partial charge in [0.15, 0.2) is 5.11 Å². The molecule has 1 N–H and O–H groups in total. The number of nitrogens with zero attached hydrogens (tertiary/aromatic N) is 4. The third-order valence-corrected chi connectivity index (χ3v) is 7.20. The standard InChI is InChI=1S/C25H29N5S/c1-17-15-21(18(2)29(17)16-19-10-13-26-14-11-19)24-23(22-9-5-6-12-27-22)28-25(31)30(24)20-7-3-4-8-20/h5-6,9-15,20,23-24H,3-4,7-8,16H2,1-2H3,(H,28,31)/t23-,24-/m1/s1. The van der Waals surface area contributed by atoms with Crippen LogP contribution in [0, 0.1) is 13.8 Å². The van der Waals surface area contributed by atoms with E-state index in [0.29, 0.717) is 6.04 Å². The Hall–Kier alpha value is -2.73. The van der Waals surface area contributed by atoms with Crippen LogP contribution in [0.3, 0.4) is 0 Å². The summed E-state index contributed by atoms with van der Waals surface area (Å²) in [6, 6.07) is 13.4. The Labute approximate surface area is 189 Å². The van der Waals surface area contributed by atoms with Crippen LogP contribution in [-0.4, -0.2) is 30.6 Å². The first kappa shape index (κ1) is 20.2. The van der Waals surface area contributed by atoms with Crippen LogP contribution in [0.4, 0.5) is 0 Å². The highest BCUT2D eigenvalue weighted by Crippen LogP contribution is 2.44. The van der Waals surface area contributed by atoms with Crippen molar-refractivity contribution in [2.24, 2.45) is 0 Å². The number of hydrogen-bond acceptors (Lipinski definition) is 3. The van der Waals surface area contributed by atoms with Gasteiger partial charge in [0.1, 0.15) is 0 Å². The Bertz CT molecular complexity index is 1060. The minimum atomic E-state index is 0.0594. The van der Waals surface area contributed by atoms with Gasteiger partial charge in [-0.15, -0.1) is 0 Å². The molecule has 3 aromatic rings. The maximum Gasteiger partial charge on any atom is 0.170 e. The van der Waals surface area contributed by atoms with Crippen LogP contribution in [0.5, 0.6) is 0 Å². The van der Waals surface area contributed by atoms with Gasteiger partial charge in [0.05, 0.1) is 17.8 Å². The van der Waals surface area contributed by atoms with E-state index in [9.17, 15) is 0 Å². The van der Waals surface area contributed by atoms with E-state index in [1.807, 2.05) is 24.7 Å². The fourth-order valence-corrected chi connectivity index (χ4v) is 5.70. The van der Waals surface area contributed by atoms with Crippen molar-refractivity contribution in [2.75, 3.05) is 0 Å². The number of aryl methyl sites for hydroxylation is 1. The molecule has 3 aromatic heterocycles. The summed E-state index contributed by atoms with van der Waals surface area (Å²) >= 11 is 5.89. The largest absolute Gasteiger partial charge is 0.352 e. The minimum absolute atomic E-state index is 0.0594. The van der Waals surface area contributed by atoms with Crippen LogP contribution in [0.1, 0.15) is 66.0 Å². The first-order valence-electron chi connectivity index (χ1n) is 11.2. The number of thiocarbonyl (C=S) groups is 1.